The van der Waals surface area contributed by atoms with Gasteiger partial charge in [-0.3, -0.25) is 9.69 Å². The number of rotatable bonds is 7. The van der Waals surface area contributed by atoms with Gasteiger partial charge in [-0.25, -0.2) is 19.7 Å². The Bertz CT molecular complexity index is 1480. The molecule has 0 spiro atoms. The lowest BCUT2D eigenvalue weighted by Gasteiger charge is -2.34. The standard InChI is InChI=1S/C31H38F3N7O4/c1-30(2,3)45-29(43)38-21-9-11-41(12-10-21)26-8-7-22-23(5-4-6-24(22)39-26)27(42)35-19-25(40-13-15-44-16-14-40)20-17-36-28(37-18-20)31(32,33)34/h4-8,17-18,21,25H,9-16,19H2,1-3H3,(H,35,42)(H,38,43). The highest BCUT2D eigenvalue weighted by atomic mass is 19.4. The second-order valence-electron chi connectivity index (χ2n) is 12.2. The summed E-state index contributed by atoms with van der Waals surface area (Å²) in [6.07, 6.45) is -1.23. The van der Waals surface area contributed by atoms with Gasteiger partial charge in [-0.1, -0.05) is 6.07 Å². The van der Waals surface area contributed by atoms with Crippen LogP contribution in [0.15, 0.2) is 42.7 Å². The van der Waals surface area contributed by atoms with E-state index in [1.165, 1.54) is 12.4 Å². The summed E-state index contributed by atoms with van der Waals surface area (Å²) in [6, 6.07) is 8.68. The molecule has 2 N–H and O–H groups in total. The zero-order valence-electron chi connectivity index (χ0n) is 25.6. The number of piperidine rings is 1. The highest BCUT2D eigenvalue weighted by Crippen LogP contribution is 2.28. The Morgan fingerprint density at radius 1 is 1.02 bits per heavy atom. The molecule has 2 saturated heterocycles. The first-order valence-electron chi connectivity index (χ1n) is 15.0. The molecule has 2 aliphatic heterocycles. The van der Waals surface area contributed by atoms with Crippen molar-refractivity contribution < 1.29 is 32.2 Å². The topological polar surface area (TPSA) is 122 Å². The van der Waals surface area contributed by atoms with Crippen LogP contribution in [0.5, 0.6) is 0 Å². The number of anilines is 1. The Kier molecular flexibility index (Phi) is 9.73. The molecule has 0 saturated carbocycles. The van der Waals surface area contributed by atoms with E-state index in [2.05, 4.69) is 25.5 Å². The van der Waals surface area contributed by atoms with Crippen molar-refractivity contribution in [2.45, 2.75) is 57.5 Å². The molecule has 11 nitrogen and oxygen atoms in total. The Labute approximate surface area is 259 Å². The maximum Gasteiger partial charge on any atom is 0.451 e. The Morgan fingerprint density at radius 3 is 2.36 bits per heavy atom. The Hall–Kier alpha value is -4.04. The molecular formula is C31H38F3N7O4. The lowest BCUT2D eigenvalue weighted by atomic mass is 10.0. The molecule has 2 amide bonds. The number of amides is 2. The molecule has 1 aromatic carbocycles. The van der Waals surface area contributed by atoms with Crippen molar-refractivity contribution in [2.24, 2.45) is 0 Å². The molecule has 0 radical (unpaired) electrons. The number of halogens is 3. The van der Waals surface area contributed by atoms with Crippen LogP contribution in [0.4, 0.5) is 23.8 Å². The van der Waals surface area contributed by atoms with Crippen molar-refractivity contribution in [3.8, 4) is 0 Å². The summed E-state index contributed by atoms with van der Waals surface area (Å²) < 4.78 is 49.9. The number of alkyl halides is 3. The third-order valence-electron chi connectivity index (χ3n) is 7.75. The first-order chi connectivity index (χ1) is 21.4. The number of ether oxygens (including phenoxy) is 2. The van der Waals surface area contributed by atoms with Crippen molar-refractivity contribution in [1.29, 1.82) is 0 Å². The zero-order valence-corrected chi connectivity index (χ0v) is 25.6. The average molecular weight is 630 g/mol. The first kappa shape index (κ1) is 32.4. The van der Waals surface area contributed by atoms with E-state index in [4.69, 9.17) is 14.5 Å². The van der Waals surface area contributed by atoms with Gasteiger partial charge in [-0.2, -0.15) is 13.2 Å². The van der Waals surface area contributed by atoms with Crippen molar-refractivity contribution in [1.82, 2.24) is 30.5 Å². The molecule has 14 heteroatoms. The highest BCUT2D eigenvalue weighted by molar-refractivity contribution is 6.06. The fourth-order valence-corrected chi connectivity index (χ4v) is 5.53. The molecule has 4 heterocycles. The van der Waals surface area contributed by atoms with Crippen LogP contribution in [0, 0.1) is 0 Å². The van der Waals surface area contributed by atoms with E-state index < -0.39 is 29.7 Å². The molecule has 45 heavy (non-hydrogen) atoms. The van der Waals surface area contributed by atoms with Crippen molar-refractivity contribution >= 4 is 28.7 Å². The summed E-state index contributed by atoms with van der Waals surface area (Å²) in [6.45, 7) is 9.09. The van der Waals surface area contributed by atoms with Gasteiger partial charge < -0.3 is 25.0 Å². The van der Waals surface area contributed by atoms with Crippen LogP contribution in [-0.2, 0) is 15.7 Å². The molecule has 242 valence electrons. The summed E-state index contributed by atoms with van der Waals surface area (Å²) in [4.78, 5) is 41.7. The van der Waals surface area contributed by atoms with Crippen LogP contribution >= 0.6 is 0 Å². The van der Waals surface area contributed by atoms with Gasteiger partial charge in [0.15, 0.2) is 0 Å². The largest absolute Gasteiger partial charge is 0.451 e. The molecular weight excluding hydrogens is 591 g/mol. The predicted octanol–water partition coefficient (Wildman–Crippen LogP) is 4.34. The SMILES string of the molecule is CC(C)(C)OC(=O)NC1CCN(c2ccc3c(C(=O)NCC(c4cnc(C(F)(F)F)nc4)N4CCOCC4)cccc3n2)CC1. The van der Waals surface area contributed by atoms with Gasteiger partial charge in [-0.15, -0.1) is 0 Å². The van der Waals surface area contributed by atoms with Crippen LogP contribution in [-0.4, -0.2) is 89.4 Å². The number of aromatic nitrogens is 3. The summed E-state index contributed by atoms with van der Waals surface area (Å²) in [5.74, 6) is -0.749. The fraction of sp³-hybridized carbons (Fsp3) is 0.516. The molecule has 1 atom stereocenters. The average Bonchev–Trinajstić information content (AvgIpc) is 3.00. The summed E-state index contributed by atoms with van der Waals surface area (Å²) in [5.41, 5.74) is 1.02. The number of carbonyl (C=O) groups excluding carboxylic acids is 2. The number of fused-ring (bicyclic) bond motifs is 1. The van der Waals surface area contributed by atoms with Crippen LogP contribution in [0.2, 0.25) is 0 Å². The molecule has 0 bridgehead atoms. The minimum absolute atomic E-state index is 0.0160. The highest BCUT2D eigenvalue weighted by Gasteiger charge is 2.35. The minimum atomic E-state index is -4.64. The molecule has 3 aromatic rings. The smallest absolute Gasteiger partial charge is 0.444 e. The van der Waals surface area contributed by atoms with Crippen LogP contribution < -0.4 is 15.5 Å². The zero-order chi connectivity index (χ0) is 32.2. The van der Waals surface area contributed by atoms with Gasteiger partial charge in [0.2, 0.25) is 5.82 Å². The lowest BCUT2D eigenvalue weighted by molar-refractivity contribution is -0.145. The maximum atomic E-state index is 13.4. The van der Waals surface area contributed by atoms with E-state index in [1.54, 1.807) is 12.1 Å². The maximum absolute atomic E-state index is 13.4. The molecule has 0 aliphatic carbocycles. The van der Waals surface area contributed by atoms with Gasteiger partial charge in [0.1, 0.15) is 11.4 Å². The molecule has 5 rings (SSSR count). The molecule has 1 unspecified atom stereocenters. The first-order valence-corrected chi connectivity index (χ1v) is 15.0. The van der Waals surface area contributed by atoms with Gasteiger partial charge in [0, 0.05) is 67.7 Å². The predicted molar refractivity (Wildman–Crippen MR) is 161 cm³/mol. The van der Waals surface area contributed by atoms with Crippen LogP contribution in [0.1, 0.15) is 61.4 Å². The van der Waals surface area contributed by atoms with Gasteiger partial charge in [0.25, 0.3) is 5.91 Å². The summed E-state index contributed by atoms with van der Waals surface area (Å²) in [7, 11) is 0. The summed E-state index contributed by atoms with van der Waals surface area (Å²) >= 11 is 0. The number of pyridine rings is 1. The third kappa shape index (κ3) is 8.37. The van der Waals surface area contributed by atoms with E-state index in [-0.39, 0.29) is 18.5 Å². The third-order valence-corrected chi connectivity index (χ3v) is 7.75. The van der Waals surface area contributed by atoms with Gasteiger partial charge in [-0.05, 0) is 57.9 Å². The van der Waals surface area contributed by atoms with Crippen LogP contribution in [0.25, 0.3) is 10.9 Å². The second-order valence-corrected chi connectivity index (χ2v) is 12.2. The number of nitrogens with zero attached hydrogens (tertiary/aromatic N) is 5. The van der Waals surface area contributed by atoms with E-state index in [0.29, 0.717) is 61.4 Å². The number of benzene rings is 1. The number of hydrogen-bond donors (Lipinski definition) is 2. The molecule has 2 aromatic heterocycles. The number of nitrogens with one attached hydrogen (secondary N) is 2. The van der Waals surface area contributed by atoms with Crippen molar-refractivity contribution in [3.05, 3.63) is 59.7 Å². The minimum Gasteiger partial charge on any atom is -0.444 e. The Morgan fingerprint density at radius 2 is 1.71 bits per heavy atom. The Balaban J connectivity index is 1.25. The monoisotopic (exact) mass is 629 g/mol. The number of morpholine rings is 1. The number of carbonyl (C=O) groups is 2. The lowest BCUT2D eigenvalue weighted by Crippen LogP contribution is -2.46. The van der Waals surface area contributed by atoms with E-state index >= 15 is 0 Å². The molecule has 2 fully saturated rings. The fourth-order valence-electron chi connectivity index (χ4n) is 5.53. The number of alkyl carbamates (subject to hydrolysis) is 1. The van der Waals surface area contributed by atoms with E-state index in [9.17, 15) is 22.8 Å². The van der Waals surface area contributed by atoms with Crippen LogP contribution in [0.3, 0.4) is 0 Å². The molecule has 2 aliphatic rings. The summed E-state index contributed by atoms with van der Waals surface area (Å²) in [5, 5.41) is 6.59. The van der Waals surface area contributed by atoms with Gasteiger partial charge in [0.05, 0.1) is 24.8 Å². The van der Waals surface area contributed by atoms with Gasteiger partial charge >= 0.3 is 12.3 Å². The second kappa shape index (κ2) is 13.5. The van der Waals surface area contributed by atoms with E-state index in [0.717, 1.165) is 18.7 Å². The quantitative estimate of drug-likeness (QED) is 0.393. The normalized spacial score (nSPS) is 17.6. The van der Waals surface area contributed by atoms with E-state index in [1.807, 2.05) is 43.9 Å². The van der Waals surface area contributed by atoms with Crippen molar-refractivity contribution in [2.75, 3.05) is 50.8 Å². The van der Waals surface area contributed by atoms with Crippen molar-refractivity contribution in [3.63, 3.8) is 0 Å². The number of hydrogen-bond acceptors (Lipinski definition) is 9.